The third-order valence-electron chi connectivity index (χ3n) is 5.96. The molecular formula is C22H29N3O3. The highest BCUT2D eigenvalue weighted by Gasteiger charge is 2.33. The van der Waals surface area contributed by atoms with Gasteiger partial charge in [-0.1, -0.05) is 24.5 Å². The fraction of sp³-hybridized carbons (Fsp3) is 0.545. The summed E-state index contributed by atoms with van der Waals surface area (Å²) in [6, 6.07) is 8.15. The first-order valence-corrected chi connectivity index (χ1v) is 10.3. The number of aromatic nitrogens is 1. The molecule has 0 unspecified atom stereocenters. The minimum atomic E-state index is -0.548. The highest BCUT2D eigenvalue weighted by molar-refractivity contribution is 5.99. The Kier molecular flexibility index (Phi) is 5.40. The lowest BCUT2D eigenvalue weighted by Crippen LogP contribution is -2.53. The van der Waals surface area contributed by atoms with Gasteiger partial charge in [0, 0.05) is 37.6 Å². The number of carbonyl (C=O) groups is 2. The molecular weight excluding hydrogens is 354 g/mol. The molecule has 2 aromatic rings. The van der Waals surface area contributed by atoms with Crippen molar-refractivity contribution in [2.75, 3.05) is 32.8 Å². The van der Waals surface area contributed by atoms with Crippen LogP contribution in [0.2, 0.25) is 0 Å². The van der Waals surface area contributed by atoms with E-state index in [1.165, 1.54) is 18.4 Å². The molecule has 1 aromatic carbocycles. The van der Waals surface area contributed by atoms with E-state index in [9.17, 15) is 9.59 Å². The maximum Gasteiger partial charge on any atom is 0.270 e. The molecule has 0 bridgehead atoms. The molecule has 2 amide bonds. The third-order valence-corrected chi connectivity index (χ3v) is 5.96. The number of morpholine rings is 1. The summed E-state index contributed by atoms with van der Waals surface area (Å²) in [4.78, 5) is 29.8. The zero-order valence-electron chi connectivity index (χ0n) is 16.8. The Bertz CT molecular complexity index is 881. The Morgan fingerprint density at radius 1 is 1.00 bits per heavy atom. The first-order valence-electron chi connectivity index (χ1n) is 10.3. The van der Waals surface area contributed by atoms with Crippen LogP contribution >= 0.6 is 0 Å². The number of ether oxygens (including phenoxy) is 1. The number of amides is 2. The Morgan fingerprint density at radius 3 is 2.50 bits per heavy atom. The molecule has 2 fully saturated rings. The van der Waals surface area contributed by atoms with Gasteiger partial charge >= 0.3 is 0 Å². The summed E-state index contributed by atoms with van der Waals surface area (Å²) < 4.78 is 7.71. The van der Waals surface area contributed by atoms with E-state index in [1.54, 1.807) is 4.90 Å². The van der Waals surface area contributed by atoms with E-state index in [4.69, 9.17) is 4.74 Å². The van der Waals surface area contributed by atoms with Crippen LogP contribution in [0.1, 0.15) is 41.7 Å². The summed E-state index contributed by atoms with van der Waals surface area (Å²) in [6.45, 7) is 4.90. The van der Waals surface area contributed by atoms with Crippen molar-refractivity contribution in [2.45, 2.75) is 38.7 Å². The van der Waals surface area contributed by atoms with Gasteiger partial charge in [-0.25, -0.2) is 0 Å². The Labute approximate surface area is 166 Å². The lowest BCUT2D eigenvalue weighted by Gasteiger charge is -2.34. The minimum absolute atomic E-state index is 0.0340. The Balaban J connectivity index is 1.50. The van der Waals surface area contributed by atoms with Gasteiger partial charge in [-0.05, 0) is 38.0 Å². The third kappa shape index (κ3) is 3.65. The van der Waals surface area contributed by atoms with Crippen molar-refractivity contribution >= 4 is 22.7 Å². The van der Waals surface area contributed by atoms with Crippen molar-refractivity contribution in [2.24, 2.45) is 7.05 Å². The van der Waals surface area contributed by atoms with Crippen LogP contribution in [0.25, 0.3) is 10.9 Å². The number of fused-ring (bicyclic) bond motifs is 1. The zero-order chi connectivity index (χ0) is 19.7. The number of rotatable bonds is 2. The van der Waals surface area contributed by atoms with Gasteiger partial charge in [0.15, 0.2) is 6.10 Å². The average Bonchev–Trinajstić information content (AvgIpc) is 2.89. The van der Waals surface area contributed by atoms with Gasteiger partial charge in [-0.15, -0.1) is 0 Å². The predicted molar refractivity (Wildman–Crippen MR) is 108 cm³/mol. The summed E-state index contributed by atoms with van der Waals surface area (Å²) in [7, 11) is 1.92. The second-order valence-corrected chi connectivity index (χ2v) is 8.00. The second-order valence-electron chi connectivity index (χ2n) is 8.00. The minimum Gasteiger partial charge on any atom is -0.365 e. The number of nitrogens with zero attached hydrogens (tertiary/aromatic N) is 3. The molecule has 1 atom stereocenters. The van der Waals surface area contributed by atoms with E-state index >= 15 is 0 Å². The van der Waals surface area contributed by atoms with Gasteiger partial charge in [0.05, 0.1) is 13.2 Å². The molecule has 0 N–H and O–H groups in total. The van der Waals surface area contributed by atoms with Gasteiger partial charge in [0.2, 0.25) is 0 Å². The van der Waals surface area contributed by atoms with Crippen LogP contribution in [0.15, 0.2) is 24.3 Å². The van der Waals surface area contributed by atoms with Crippen LogP contribution in [-0.4, -0.2) is 65.1 Å². The van der Waals surface area contributed by atoms with E-state index in [-0.39, 0.29) is 11.8 Å². The average molecular weight is 383 g/mol. The molecule has 0 radical (unpaired) electrons. The van der Waals surface area contributed by atoms with E-state index in [0.717, 1.165) is 36.8 Å². The van der Waals surface area contributed by atoms with E-state index in [0.29, 0.717) is 25.4 Å². The molecule has 2 aliphatic heterocycles. The summed E-state index contributed by atoms with van der Waals surface area (Å²) in [5, 5.41) is 1.07. The standard InChI is InChI=1S/C22H29N3O3/c1-16-7-8-18-17(13-16)14-19(23(18)2)21(26)25-11-12-28-20(15-25)22(27)24-9-5-3-4-6-10-24/h7-8,13-14,20H,3-6,9-12,15H2,1-2H3/t20-/m0/s1. The molecule has 6 nitrogen and oxygen atoms in total. The summed E-state index contributed by atoms with van der Waals surface area (Å²) in [6.07, 6.45) is 3.92. The topological polar surface area (TPSA) is 54.8 Å². The molecule has 2 saturated heterocycles. The van der Waals surface area contributed by atoms with Crippen molar-refractivity contribution in [3.63, 3.8) is 0 Å². The van der Waals surface area contributed by atoms with Gasteiger partial charge in [0.1, 0.15) is 5.69 Å². The number of hydrogen-bond acceptors (Lipinski definition) is 3. The molecule has 2 aliphatic rings. The van der Waals surface area contributed by atoms with Crippen molar-refractivity contribution in [3.8, 4) is 0 Å². The summed E-state index contributed by atoms with van der Waals surface area (Å²) in [5.74, 6) is 0.000358. The van der Waals surface area contributed by atoms with Gasteiger partial charge in [-0.3, -0.25) is 9.59 Å². The van der Waals surface area contributed by atoms with Gasteiger partial charge < -0.3 is 19.1 Å². The molecule has 0 aliphatic carbocycles. The fourth-order valence-corrected chi connectivity index (χ4v) is 4.31. The lowest BCUT2D eigenvalue weighted by atomic mass is 10.2. The Morgan fingerprint density at radius 2 is 1.75 bits per heavy atom. The van der Waals surface area contributed by atoms with Crippen LogP contribution in [0.4, 0.5) is 0 Å². The summed E-state index contributed by atoms with van der Waals surface area (Å²) >= 11 is 0. The molecule has 0 spiro atoms. The highest BCUT2D eigenvalue weighted by atomic mass is 16.5. The molecule has 150 valence electrons. The fourth-order valence-electron chi connectivity index (χ4n) is 4.31. The van der Waals surface area contributed by atoms with Crippen LogP contribution in [0, 0.1) is 6.92 Å². The van der Waals surface area contributed by atoms with Crippen molar-refractivity contribution in [3.05, 3.63) is 35.5 Å². The van der Waals surface area contributed by atoms with Crippen LogP contribution in [-0.2, 0) is 16.6 Å². The number of aryl methyl sites for hydroxylation is 2. The maximum atomic E-state index is 13.2. The number of benzene rings is 1. The lowest BCUT2D eigenvalue weighted by molar-refractivity contribution is -0.148. The molecule has 0 saturated carbocycles. The molecule has 3 heterocycles. The first-order chi connectivity index (χ1) is 13.5. The second kappa shape index (κ2) is 7.95. The number of likely N-dealkylation sites (tertiary alicyclic amines) is 1. The van der Waals surface area contributed by atoms with Crippen molar-refractivity contribution in [1.29, 1.82) is 0 Å². The van der Waals surface area contributed by atoms with Crippen molar-refractivity contribution in [1.82, 2.24) is 14.4 Å². The van der Waals surface area contributed by atoms with Gasteiger partial charge in [-0.2, -0.15) is 0 Å². The predicted octanol–water partition coefficient (Wildman–Crippen LogP) is 2.73. The first kappa shape index (κ1) is 19.0. The highest BCUT2D eigenvalue weighted by Crippen LogP contribution is 2.22. The largest absolute Gasteiger partial charge is 0.365 e. The van der Waals surface area contributed by atoms with Crippen LogP contribution in [0.5, 0.6) is 0 Å². The van der Waals surface area contributed by atoms with Crippen LogP contribution < -0.4 is 0 Å². The van der Waals surface area contributed by atoms with Gasteiger partial charge in [0.25, 0.3) is 11.8 Å². The number of hydrogen-bond donors (Lipinski definition) is 0. The maximum absolute atomic E-state index is 13.2. The molecule has 4 rings (SSSR count). The molecule has 6 heteroatoms. The zero-order valence-corrected chi connectivity index (χ0v) is 16.8. The monoisotopic (exact) mass is 383 g/mol. The number of carbonyl (C=O) groups excluding carboxylic acids is 2. The van der Waals surface area contributed by atoms with E-state index in [1.807, 2.05) is 28.6 Å². The smallest absolute Gasteiger partial charge is 0.270 e. The normalized spacial score (nSPS) is 21.0. The Hall–Kier alpha value is -2.34. The summed E-state index contributed by atoms with van der Waals surface area (Å²) in [5.41, 5.74) is 2.87. The van der Waals surface area contributed by atoms with Crippen molar-refractivity contribution < 1.29 is 14.3 Å². The SMILES string of the molecule is Cc1ccc2c(c1)cc(C(=O)N1CCO[C@H](C(=O)N3CCCCCC3)C1)n2C. The van der Waals surface area contributed by atoms with Crippen LogP contribution in [0.3, 0.4) is 0 Å². The van der Waals surface area contributed by atoms with E-state index in [2.05, 4.69) is 19.1 Å². The molecule has 28 heavy (non-hydrogen) atoms. The quantitative estimate of drug-likeness (QED) is 0.801. The molecule has 1 aromatic heterocycles. The van der Waals surface area contributed by atoms with E-state index < -0.39 is 6.10 Å².